The van der Waals surface area contributed by atoms with Crippen molar-refractivity contribution in [1.82, 2.24) is 9.80 Å². The number of hydrogen-bond donors (Lipinski definition) is 0. The summed E-state index contributed by atoms with van der Waals surface area (Å²) in [5.41, 5.74) is 3.46. The number of amides is 3. The molecule has 0 spiro atoms. The summed E-state index contributed by atoms with van der Waals surface area (Å²) in [5.74, 6) is -0.465. The second-order valence-corrected chi connectivity index (χ2v) is 10.4. The van der Waals surface area contributed by atoms with E-state index in [-0.39, 0.29) is 23.6 Å². The molecule has 5 rings (SSSR count). The van der Waals surface area contributed by atoms with Gasteiger partial charge in [-0.2, -0.15) is 5.26 Å². The molecular formula is C29H23ClN4O3S. The number of anilines is 1. The van der Waals surface area contributed by atoms with Crippen molar-refractivity contribution in [2.24, 2.45) is 0 Å². The molecule has 3 amide bonds. The van der Waals surface area contributed by atoms with E-state index in [1.54, 1.807) is 59.5 Å². The zero-order chi connectivity index (χ0) is 26.6. The summed E-state index contributed by atoms with van der Waals surface area (Å²) in [6, 6.07) is 23.8. The normalized spacial score (nSPS) is 16.7. The van der Waals surface area contributed by atoms with E-state index >= 15 is 0 Å². The van der Waals surface area contributed by atoms with Crippen molar-refractivity contribution in [2.45, 2.75) is 6.54 Å². The molecule has 0 aliphatic carbocycles. The largest absolute Gasteiger partial charge is 0.367 e. The van der Waals surface area contributed by atoms with Crippen molar-refractivity contribution in [3.8, 4) is 6.07 Å². The molecule has 0 aromatic heterocycles. The second-order valence-electron chi connectivity index (χ2n) is 8.93. The number of thioether (sulfide) groups is 1. The number of para-hydroxylation sites is 1. The van der Waals surface area contributed by atoms with Gasteiger partial charge in [0.1, 0.15) is 6.07 Å². The number of imide groups is 1. The van der Waals surface area contributed by atoms with E-state index < -0.39 is 0 Å². The van der Waals surface area contributed by atoms with E-state index in [2.05, 4.69) is 11.0 Å². The summed E-state index contributed by atoms with van der Waals surface area (Å²) < 4.78 is 0. The lowest BCUT2D eigenvalue weighted by Crippen LogP contribution is -2.49. The van der Waals surface area contributed by atoms with Crippen LogP contribution in [-0.2, 0) is 11.3 Å². The first-order chi connectivity index (χ1) is 18.4. The molecule has 2 fully saturated rings. The van der Waals surface area contributed by atoms with Crippen LogP contribution in [0.5, 0.6) is 0 Å². The van der Waals surface area contributed by atoms with Gasteiger partial charge in [0.15, 0.2) is 0 Å². The molecule has 2 heterocycles. The number of nitriles is 1. The molecule has 7 nitrogen and oxygen atoms in total. The topological polar surface area (TPSA) is 84.7 Å². The molecule has 0 unspecified atom stereocenters. The number of rotatable bonds is 5. The number of hydrogen-bond acceptors (Lipinski definition) is 6. The average molecular weight is 543 g/mol. The molecule has 3 aromatic carbocycles. The van der Waals surface area contributed by atoms with Crippen LogP contribution < -0.4 is 4.90 Å². The van der Waals surface area contributed by atoms with Crippen molar-refractivity contribution < 1.29 is 14.4 Å². The number of benzene rings is 3. The SMILES string of the molecule is N#Cc1ccccc1N1CCN(C(=O)c2cccc(/C=C3\SC(=O)N(Cc4cccc(Cl)c4)C3=O)c2)CC1. The molecule has 2 aliphatic rings. The van der Waals surface area contributed by atoms with Crippen LogP contribution in [0.25, 0.3) is 6.08 Å². The predicted octanol–water partition coefficient (Wildman–Crippen LogP) is 5.41. The minimum atomic E-state index is -0.370. The smallest absolute Gasteiger partial charge is 0.293 e. The van der Waals surface area contributed by atoms with Gasteiger partial charge >= 0.3 is 0 Å². The molecule has 0 saturated carbocycles. The summed E-state index contributed by atoms with van der Waals surface area (Å²) in [6.07, 6.45) is 1.65. The molecule has 190 valence electrons. The highest BCUT2D eigenvalue weighted by Crippen LogP contribution is 2.33. The highest BCUT2D eigenvalue weighted by Gasteiger charge is 2.35. The van der Waals surface area contributed by atoms with Gasteiger partial charge in [-0.15, -0.1) is 0 Å². The Morgan fingerprint density at radius 2 is 1.74 bits per heavy atom. The van der Waals surface area contributed by atoms with Crippen LogP contribution >= 0.6 is 23.4 Å². The Hall–Kier alpha value is -4.06. The van der Waals surface area contributed by atoms with E-state index in [1.165, 1.54) is 4.90 Å². The fourth-order valence-electron chi connectivity index (χ4n) is 4.54. The Kier molecular flexibility index (Phi) is 7.50. The first-order valence-electron chi connectivity index (χ1n) is 12.1. The van der Waals surface area contributed by atoms with Crippen LogP contribution in [0.2, 0.25) is 5.02 Å². The molecule has 3 aromatic rings. The molecule has 9 heteroatoms. The van der Waals surface area contributed by atoms with Gasteiger partial charge in [0.25, 0.3) is 17.1 Å². The fourth-order valence-corrected chi connectivity index (χ4v) is 5.60. The highest BCUT2D eigenvalue weighted by molar-refractivity contribution is 8.18. The Labute approximate surface area is 229 Å². The molecular weight excluding hydrogens is 520 g/mol. The monoisotopic (exact) mass is 542 g/mol. The number of nitrogens with zero attached hydrogens (tertiary/aromatic N) is 4. The third kappa shape index (κ3) is 5.44. The summed E-state index contributed by atoms with van der Waals surface area (Å²) in [4.78, 5) is 44.2. The lowest BCUT2D eigenvalue weighted by Gasteiger charge is -2.36. The van der Waals surface area contributed by atoms with Gasteiger partial charge in [-0.1, -0.05) is 48.0 Å². The van der Waals surface area contributed by atoms with Gasteiger partial charge in [-0.05, 0) is 65.4 Å². The third-order valence-corrected chi connectivity index (χ3v) is 7.61. The summed E-state index contributed by atoms with van der Waals surface area (Å²) >= 11 is 6.92. The lowest BCUT2D eigenvalue weighted by atomic mass is 10.1. The predicted molar refractivity (Wildman–Crippen MR) is 149 cm³/mol. The van der Waals surface area contributed by atoms with E-state index in [1.807, 2.05) is 24.3 Å². The van der Waals surface area contributed by atoms with E-state index in [0.29, 0.717) is 52.8 Å². The quantitative estimate of drug-likeness (QED) is 0.401. The number of piperazine rings is 1. The van der Waals surface area contributed by atoms with Crippen LogP contribution in [-0.4, -0.2) is 53.0 Å². The second kappa shape index (κ2) is 11.1. The van der Waals surface area contributed by atoms with E-state index in [4.69, 9.17) is 11.6 Å². The van der Waals surface area contributed by atoms with Crippen LogP contribution in [0, 0.1) is 11.3 Å². The van der Waals surface area contributed by atoms with Crippen LogP contribution in [0.15, 0.2) is 77.7 Å². The highest BCUT2D eigenvalue weighted by atomic mass is 35.5. The summed E-state index contributed by atoms with van der Waals surface area (Å²) in [5, 5.41) is 9.59. The maximum atomic E-state index is 13.2. The Morgan fingerprint density at radius 1 is 0.974 bits per heavy atom. The van der Waals surface area contributed by atoms with Crippen molar-refractivity contribution in [3.05, 3.63) is 105 Å². The van der Waals surface area contributed by atoms with Crippen molar-refractivity contribution in [1.29, 1.82) is 5.26 Å². The first-order valence-corrected chi connectivity index (χ1v) is 13.3. The van der Waals surface area contributed by atoms with Gasteiger partial charge in [0.05, 0.1) is 22.7 Å². The third-order valence-electron chi connectivity index (χ3n) is 6.47. The minimum absolute atomic E-state index is 0.0949. The molecule has 38 heavy (non-hydrogen) atoms. The van der Waals surface area contributed by atoms with E-state index in [0.717, 1.165) is 23.0 Å². The lowest BCUT2D eigenvalue weighted by molar-refractivity contribution is -0.123. The summed E-state index contributed by atoms with van der Waals surface area (Å²) in [7, 11) is 0. The number of halogens is 1. The molecule has 0 bridgehead atoms. The Bertz CT molecular complexity index is 1490. The van der Waals surface area contributed by atoms with Crippen molar-refractivity contribution in [2.75, 3.05) is 31.1 Å². The van der Waals surface area contributed by atoms with Gasteiger partial charge in [0, 0.05) is 36.8 Å². The zero-order valence-electron chi connectivity index (χ0n) is 20.3. The van der Waals surface area contributed by atoms with Gasteiger partial charge in [0.2, 0.25) is 0 Å². The Morgan fingerprint density at radius 3 is 2.50 bits per heavy atom. The molecule has 2 saturated heterocycles. The van der Waals surface area contributed by atoms with Gasteiger partial charge < -0.3 is 9.80 Å². The van der Waals surface area contributed by atoms with Crippen molar-refractivity contribution >= 4 is 52.2 Å². The molecule has 0 radical (unpaired) electrons. The number of carbonyl (C=O) groups is 3. The van der Waals surface area contributed by atoms with Crippen LogP contribution in [0.3, 0.4) is 0 Å². The van der Waals surface area contributed by atoms with Crippen LogP contribution in [0.1, 0.15) is 27.0 Å². The minimum Gasteiger partial charge on any atom is -0.367 e. The molecule has 2 aliphatic heterocycles. The maximum Gasteiger partial charge on any atom is 0.293 e. The van der Waals surface area contributed by atoms with Crippen LogP contribution in [0.4, 0.5) is 10.5 Å². The van der Waals surface area contributed by atoms with Gasteiger partial charge in [-0.3, -0.25) is 19.3 Å². The maximum absolute atomic E-state index is 13.2. The van der Waals surface area contributed by atoms with E-state index in [9.17, 15) is 19.6 Å². The molecule has 0 N–H and O–H groups in total. The molecule has 0 atom stereocenters. The fraction of sp³-hybridized carbons (Fsp3) is 0.172. The zero-order valence-corrected chi connectivity index (χ0v) is 21.9. The first kappa shape index (κ1) is 25.6. The Balaban J connectivity index is 1.26. The van der Waals surface area contributed by atoms with Crippen molar-refractivity contribution in [3.63, 3.8) is 0 Å². The summed E-state index contributed by atoms with van der Waals surface area (Å²) in [6.45, 7) is 2.47. The van der Waals surface area contributed by atoms with Gasteiger partial charge in [-0.25, -0.2) is 0 Å². The average Bonchev–Trinajstić information content (AvgIpc) is 3.20. The standard InChI is InChI=1S/C29H23ClN4O3S/c30-24-9-4-6-21(16-24)19-34-28(36)26(38-29(34)37)17-20-5-3-8-22(15-20)27(35)33-13-11-32(12-14-33)25-10-2-1-7-23(25)18-31/h1-10,15-17H,11-14,19H2/b26-17-. The number of carbonyl (C=O) groups excluding carboxylic acids is 3.